The van der Waals surface area contributed by atoms with Crippen molar-refractivity contribution in [2.24, 2.45) is 5.73 Å². The van der Waals surface area contributed by atoms with Gasteiger partial charge in [-0.2, -0.15) is 0 Å². The van der Waals surface area contributed by atoms with Crippen LogP contribution in [0, 0.1) is 0 Å². The Kier molecular flexibility index (Phi) is 6.71. The first-order valence-corrected chi connectivity index (χ1v) is 7.34. The molecule has 0 bridgehead atoms. The van der Waals surface area contributed by atoms with E-state index in [4.69, 9.17) is 5.73 Å². The van der Waals surface area contributed by atoms with Crippen molar-refractivity contribution in [1.29, 1.82) is 0 Å². The van der Waals surface area contributed by atoms with Crippen LogP contribution in [0.4, 0.5) is 0 Å². The van der Waals surface area contributed by atoms with E-state index in [9.17, 15) is 9.59 Å². The molecule has 1 atom stereocenters. The van der Waals surface area contributed by atoms with Crippen LogP contribution in [0.2, 0.25) is 0 Å². The van der Waals surface area contributed by atoms with Gasteiger partial charge in [-0.05, 0) is 19.3 Å². The Bertz CT molecular complexity index is 351. The van der Waals surface area contributed by atoms with E-state index in [0.29, 0.717) is 12.5 Å². The lowest BCUT2D eigenvalue weighted by Crippen LogP contribution is -2.48. The fourth-order valence-corrected chi connectivity index (χ4v) is 2.63. The third-order valence-electron chi connectivity index (χ3n) is 4.00. The minimum atomic E-state index is -0.606. The highest BCUT2D eigenvalue weighted by molar-refractivity contribution is 5.87. The summed E-state index contributed by atoms with van der Waals surface area (Å²) in [5.41, 5.74) is 5.74. The smallest absolute Gasteiger partial charge is 0.242 e. The van der Waals surface area contributed by atoms with E-state index in [1.807, 2.05) is 7.05 Å². The molecule has 0 radical (unpaired) electrons. The molecule has 0 aliphatic heterocycles. The lowest BCUT2D eigenvalue weighted by Gasteiger charge is -2.32. The van der Waals surface area contributed by atoms with Gasteiger partial charge >= 0.3 is 0 Å². The van der Waals surface area contributed by atoms with Gasteiger partial charge < -0.3 is 15.5 Å². The summed E-state index contributed by atoms with van der Waals surface area (Å²) in [7, 11) is 3.46. The minimum Gasteiger partial charge on any atom is -0.341 e. The molecule has 0 spiro atoms. The number of rotatable bonds is 6. The highest BCUT2D eigenvalue weighted by atomic mass is 16.2. The summed E-state index contributed by atoms with van der Waals surface area (Å²) in [5.74, 6) is -0.228. The predicted octanol–water partition coefficient (Wildman–Crippen LogP) is 1.14. The van der Waals surface area contributed by atoms with Gasteiger partial charge in [-0.1, -0.05) is 25.3 Å². The number of hydrogen-bond acceptors (Lipinski definition) is 3. The normalized spacial score (nSPS) is 17.4. The lowest BCUT2D eigenvalue weighted by atomic mass is 9.94. The Hall–Kier alpha value is -1.36. The van der Waals surface area contributed by atoms with E-state index in [2.05, 4.69) is 6.58 Å². The van der Waals surface area contributed by atoms with E-state index < -0.39 is 6.04 Å². The van der Waals surface area contributed by atoms with Crippen molar-refractivity contribution in [3.05, 3.63) is 12.7 Å². The Morgan fingerprint density at radius 1 is 1.30 bits per heavy atom. The zero-order valence-corrected chi connectivity index (χ0v) is 12.7. The van der Waals surface area contributed by atoms with Crippen molar-refractivity contribution < 1.29 is 9.59 Å². The van der Waals surface area contributed by atoms with Crippen molar-refractivity contribution in [1.82, 2.24) is 9.80 Å². The van der Waals surface area contributed by atoms with Crippen molar-refractivity contribution in [2.45, 2.75) is 50.6 Å². The molecular weight excluding hydrogens is 254 g/mol. The molecule has 0 heterocycles. The maximum absolute atomic E-state index is 12.2. The highest BCUT2D eigenvalue weighted by Gasteiger charge is 2.25. The summed E-state index contributed by atoms with van der Waals surface area (Å²) in [5, 5.41) is 0. The summed E-state index contributed by atoms with van der Waals surface area (Å²) in [6.45, 7) is 3.66. The molecule has 20 heavy (non-hydrogen) atoms. The standard InChI is InChI=1S/C15H27N3O2/c1-4-8-13(16)15(20)17(2)11-14(19)18(3)12-9-6-5-7-10-12/h4,12-13H,1,5-11,16H2,2-3H3. The first-order valence-electron chi connectivity index (χ1n) is 7.34. The van der Waals surface area contributed by atoms with Crippen molar-refractivity contribution in [2.75, 3.05) is 20.6 Å². The second kappa shape index (κ2) is 8.04. The third-order valence-corrected chi connectivity index (χ3v) is 4.00. The molecule has 114 valence electrons. The number of carbonyl (C=O) groups is 2. The van der Waals surface area contributed by atoms with Crippen molar-refractivity contribution >= 4 is 11.8 Å². The number of nitrogens with two attached hydrogens (primary N) is 1. The molecule has 1 unspecified atom stereocenters. The molecule has 0 aromatic carbocycles. The molecule has 5 nitrogen and oxygen atoms in total. The number of carbonyl (C=O) groups excluding carboxylic acids is 2. The van der Waals surface area contributed by atoms with Crippen LogP contribution in [-0.2, 0) is 9.59 Å². The molecule has 2 N–H and O–H groups in total. The zero-order chi connectivity index (χ0) is 15.1. The average molecular weight is 281 g/mol. The Balaban J connectivity index is 2.47. The summed E-state index contributed by atoms with van der Waals surface area (Å²) in [6, 6.07) is -0.285. The second-order valence-corrected chi connectivity index (χ2v) is 5.62. The Labute approximate surface area is 121 Å². The second-order valence-electron chi connectivity index (χ2n) is 5.62. The lowest BCUT2D eigenvalue weighted by molar-refractivity contribution is -0.140. The van der Waals surface area contributed by atoms with E-state index in [1.165, 1.54) is 24.2 Å². The van der Waals surface area contributed by atoms with Crippen LogP contribution in [0.3, 0.4) is 0 Å². The van der Waals surface area contributed by atoms with E-state index >= 15 is 0 Å². The monoisotopic (exact) mass is 281 g/mol. The molecule has 0 saturated heterocycles. The van der Waals surface area contributed by atoms with Crippen LogP contribution in [0.5, 0.6) is 0 Å². The largest absolute Gasteiger partial charge is 0.341 e. The maximum Gasteiger partial charge on any atom is 0.242 e. The highest BCUT2D eigenvalue weighted by Crippen LogP contribution is 2.21. The van der Waals surface area contributed by atoms with Gasteiger partial charge in [0.1, 0.15) is 0 Å². The maximum atomic E-state index is 12.2. The van der Waals surface area contributed by atoms with E-state index in [0.717, 1.165) is 12.8 Å². The van der Waals surface area contributed by atoms with Gasteiger partial charge in [0.15, 0.2) is 0 Å². The first-order chi connectivity index (χ1) is 9.47. The van der Waals surface area contributed by atoms with Crippen LogP contribution in [0.1, 0.15) is 38.5 Å². The van der Waals surface area contributed by atoms with Crippen LogP contribution >= 0.6 is 0 Å². The van der Waals surface area contributed by atoms with Crippen LogP contribution in [-0.4, -0.2) is 54.3 Å². The zero-order valence-electron chi connectivity index (χ0n) is 12.7. The van der Waals surface area contributed by atoms with Crippen LogP contribution in [0.25, 0.3) is 0 Å². The van der Waals surface area contributed by atoms with Crippen molar-refractivity contribution in [3.63, 3.8) is 0 Å². The molecule has 1 rings (SSSR count). The quantitative estimate of drug-likeness (QED) is 0.742. The van der Waals surface area contributed by atoms with Gasteiger partial charge in [0.05, 0.1) is 12.6 Å². The number of likely N-dealkylation sites (N-methyl/N-ethyl adjacent to an activating group) is 2. The molecular formula is C15H27N3O2. The topological polar surface area (TPSA) is 66.6 Å². The molecule has 1 saturated carbocycles. The minimum absolute atomic E-state index is 0.0152. The summed E-state index contributed by atoms with van der Waals surface area (Å²) >= 11 is 0. The molecule has 0 aromatic rings. The fraction of sp³-hybridized carbons (Fsp3) is 0.733. The summed E-state index contributed by atoms with van der Waals surface area (Å²) in [4.78, 5) is 27.4. The van der Waals surface area contributed by atoms with Gasteiger partial charge in [0, 0.05) is 20.1 Å². The van der Waals surface area contributed by atoms with Gasteiger partial charge in [-0.15, -0.1) is 6.58 Å². The van der Waals surface area contributed by atoms with Gasteiger partial charge in [-0.3, -0.25) is 9.59 Å². The summed E-state index contributed by atoms with van der Waals surface area (Å²) < 4.78 is 0. The third kappa shape index (κ3) is 4.63. The molecule has 5 heteroatoms. The molecule has 1 aliphatic carbocycles. The molecule has 2 amide bonds. The number of amides is 2. The van der Waals surface area contributed by atoms with Gasteiger partial charge in [0.2, 0.25) is 11.8 Å². The van der Waals surface area contributed by atoms with E-state index in [1.54, 1.807) is 18.0 Å². The first kappa shape index (κ1) is 16.7. The Morgan fingerprint density at radius 2 is 1.90 bits per heavy atom. The van der Waals surface area contributed by atoms with Crippen LogP contribution in [0.15, 0.2) is 12.7 Å². The molecule has 1 aliphatic rings. The SMILES string of the molecule is C=CCC(N)C(=O)N(C)CC(=O)N(C)C1CCCCC1. The van der Waals surface area contributed by atoms with Gasteiger partial charge in [-0.25, -0.2) is 0 Å². The van der Waals surface area contributed by atoms with Crippen LogP contribution < -0.4 is 5.73 Å². The number of nitrogens with zero attached hydrogens (tertiary/aromatic N) is 2. The molecule has 1 fully saturated rings. The predicted molar refractivity (Wildman–Crippen MR) is 80.1 cm³/mol. The average Bonchev–Trinajstić information content (AvgIpc) is 2.46. The summed E-state index contributed by atoms with van der Waals surface area (Å²) in [6.07, 6.45) is 7.80. The van der Waals surface area contributed by atoms with Gasteiger partial charge in [0.25, 0.3) is 0 Å². The fourth-order valence-electron chi connectivity index (χ4n) is 2.63. The van der Waals surface area contributed by atoms with E-state index in [-0.39, 0.29) is 18.4 Å². The van der Waals surface area contributed by atoms with Crippen molar-refractivity contribution in [3.8, 4) is 0 Å². The Morgan fingerprint density at radius 3 is 2.45 bits per heavy atom. The molecule has 0 aromatic heterocycles. The number of hydrogen-bond donors (Lipinski definition) is 1.